The van der Waals surface area contributed by atoms with Crippen LogP contribution in [-0.2, 0) is 4.79 Å². The molecule has 2 fully saturated rings. The highest BCUT2D eigenvalue weighted by atomic mass is 35.5. The van der Waals surface area contributed by atoms with E-state index in [1.807, 2.05) is 0 Å². The average molecular weight is 341 g/mol. The zero-order chi connectivity index (χ0) is 15.5. The number of hydrogen-bond acceptors (Lipinski definition) is 2. The summed E-state index contributed by atoms with van der Waals surface area (Å²) in [5.74, 6) is 0.475. The van der Waals surface area contributed by atoms with Crippen molar-refractivity contribution >= 4 is 34.8 Å². The number of carbonyl (C=O) groups excluding carboxylic acids is 1. The van der Waals surface area contributed by atoms with Gasteiger partial charge < -0.3 is 10.2 Å². The Bertz CT molecular complexity index is 527. The lowest BCUT2D eigenvalue weighted by molar-refractivity contribution is -0.118. The van der Waals surface area contributed by atoms with Crippen molar-refractivity contribution in [3.63, 3.8) is 0 Å². The second-order valence-electron chi connectivity index (χ2n) is 6.35. The molecule has 1 N–H and O–H groups in total. The first-order chi connectivity index (χ1) is 10.6. The Kier molecular flexibility index (Phi) is 5.27. The lowest BCUT2D eigenvalue weighted by atomic mass is 9.81. The van der Waals surface area contributed by atoms with E-state index in [1.54, 1.807) is 18.2 Å². The molecule has 2 atom stereocenters. The molecule has 0 aromatic heterocycles. The van der Waals surface area contributed by atoms with E-state index in [0.717, 1.165) is 6.42 Å². The number of amides is 1. The first kappa shape index (κ1) is 16.1. The minimum Gasteiger partial charge on any atom is -0.324 e. The summed E-state index contributed by atoms with van der Waals surface area (Å²) >= 11 is 12.2. The molecule has 1 aromatic rings. The number of nitrogens with one attached hydrogen (secondary N) is 1. The molecule has 2 heterocycles. The van der Waals surface area contributed by atoms with Gasteiger partial charge in [-0.2, -0.15) is 0 Å². The molecule has 1 aromatic carbocycles. The van der Waals surface area contributed by atoms with E-state index in [2.05, 4.69) is 10.2 Å². The van der Waals surface area contributed by atoms with E-state index in [-0.39, 0.29) is 5.91 Å². The van der Waals surface area contributed by atoms with E-state index in [9.17, 15) is 4.79 Å². The largest absolute Gasteiger partial charge is 0.324 e. The third-order valence-electron chi connectivity index (χ3n) is 4.90. The summed E-state index contributed by atoms with van der Waals surface area (Å²) in [7, 11) is 0. The molecule has 3 nitrogen and oxygen atoms in total. The fourth-order valence-corrected chi connectivity index (χ4v) is 4.35. The predicted molar refractivity (Wildman–Crippen MR) is 91.6 cm³/mol. The van der Waals surface area contributed by atoms with Crippen LogP contribution in [-0.4, -0.2) is 29.9 Å². The summed E-state index contributed by atoms with van der Waals surface area (Å²) in [5.41, 5.74) is 0.534. The quantitative estimate of drug-likeness (QED) is 0.872. The van der Waals surface area contributed by atoms with Crippen LogP contribution < -0.4 is 5.32 Å². The van der Waals surface area contributed by atoms with Gasteiger partial charge in [-0.05, 0) is 56.8 Å². The first-order valence-corrected chi connectivity index (χ1v) is 8.88. The van der Waals surface area contributed by atoms with E-state index >= 15 is 0 Å². The molecule has 120 valence electrons. The second kappa shape index (κ2) is 7.20. The minimum absolute atomic E-state index is 0.0208. The highest BCUT2D eigenvalue weighted by Crippen LogP contribution is 2.34. The van der Waals surface area contributed by atoms with Gasteiger partial charge in [0.1, 0.15) is 0 Å². The van der Waals surface area contributed by atoms with Gasteiger partial charge in [0.25, 0.3) is 0 Å². The van der Waals surface area contributed by atoms with E-state index < -0.39 is 0 Å². The van der Waals surface area contributed by atoms with Gasteiger partial charge in [-0.3, -0.25) is 4.79 Å². The molecule has 1 amide bonds. The van der Waals surface area contributed by atoms with Crippen LogP contribution in [0, 0.1) is 5.92 Å². The number of rotatable bonds is 3. The molecule has 0 unspecified atom stereocenters. The van der Waals surface area contributed by atoms with Crippen LogP contribution in [0.25, 0.3) is 0 Å². The maximum absolute atomic E-state index is 12.4. The Hall–Kier alpha value is -0.770. The van der Waals surface area contributed by atoms with Gasteiger partial charge in [0, 0.05) is 12.5 Å². The molecule has 2 aliphatic heterocycles. The molecule has 0 bridgehead atoms. The van der Waals surface area contributed by atoms with Crippen molar-refractivity contribution in [1.29, 1.82) is 0 Å². The SMILES string of the molecule is O=C(C[C@@H]1CCCN2CCCC[C@H]12)Nc1c(Cl)cccc1Cl. The van der Waals surface area contributed by atoms with Crippen LogP contribution in [0.2, 0.25) is 10.0 Å². The van der Waals surface area contributed by atoms with Crippen molar-refractivity contribution in [2.24, 2.45) is 5.92 Å². The van der Waals surface area contributed by atoms with Crippen molar-refractivity contribution in [1.82, 2.24) is 4.90 Å². The smallest absolute Gasteiger partial charge is 0.224 e. The van der Waals surface area contributed by atoms with Gasteiger partial charge in [0.05, 0.1) is 15.7 Å². The van der Waals surface area contributed by atoms with Gasteiger partial charge in [0.2, 0.25) is 5.91 Å². The Morgan fingerprint density at radius 1 is 1.14 bits per heavy atom. The van der Waals surface area contributed by atoms with Crippen LogP contribution in [0.5, 0.6) is 0 Å². The van der Waals surface area contributed by atoms with Gasteiger partial charge in [-0.25, -0.2) is 0 Å². The van der Waals surface area contributed by atoms with E-state index in [4.69, 9.17) is 23.2 Å². The lowest BCUT2D eigenvalue weighted by Gasteiger charge is -2.44. The van der Waals surface area contributed by atoms with Crippen LogP contribution >= 0.6 is 23.2 Å². The molecular weight excluding hydrogens is 319 g/mol. The maximum atomic E-state index is 12.4. The number of para-hydroxylation sites is 1. The molecule has 0 aliphatic carbocycles. The number of anilines is 1. The number of fused-ring (bicyclic) bond motifs is 1. The minimum atomic E-state index is 0.0208. The van der Waals surface area contributed by atoms with Crippen molar-refractivity contribution in [2.45, 2.75) is 44.6 Å². The molecule has 0 radical (unpaired) electrons. The highest BCUT2D eigenvalue weighted by Gasteiger charge is 2.34. The van der Waals surface area contributed by atoms with Crippen LogP contribution in [0.4, 0.5) is 5.69 Å². The van der Waals surface area contributed by atoms with Crippen molar-refractivity contribution in [3.05, 3.63) is 28.2 Å². The molecule has 0 spiro atoms. The van der Waals surface area contributed by atoms with Gasteiger partial charge in [0.15, 0.2) is 0 Å². The number of nitrogens with zero attached hydrogens (tertiary/aromatic N) is 1. The van der Waals surface area contributed by atoms with Crippen molar-refractivity contribution in [3.8, 4) is 0 Å². The monoisotopic (exact) mass is 340 g/mol. The third kappa shape index (κ3) is 3.58. The third-order valence-corrected chi connectivity index (χ3v) is 5.53. The Morgan fingerprint density at radius 3 is 2.64 bits per heavy atom. The number of piperidine rings is 2. The van der Waals surface area contributed by atoms with Crippen molar-refractivity contribution < 1.29 is 4.79 Å². The Morgan fingerprint density at radius 2 is 1.86 bits per heavy atom. The van der Waals surface area contributed by atoms with Crippen LogP contribution in [0.15, 0.2) is 18.2 Å². The molecule has 0 saturated carbocycles. The van der Waals surface area contributed by atoms with Gasteiger partial charge in [-0.1, -0.05) is 35.7 Å². The number of benzene rings is 1. The van der Waals surface area contributed by atoms with Crippen LogP contribution in [0.1, 0.15) is 38.5 Å². The fourth-order valence-electron chi connectivity index (χ4n) is 3.86. The lowest BCUT2D eigenvalue weighted by Crippen LogP contribution is -2.48. The second-order valence-corrected chi connectivity index (χ2v) is 7.16. The number of carbonyl (C=O) groups is 1. The standard InChI is InChI=1S/C17H22Cl2N2O/c18-13-6-3-7-14(19)17(13)20-16(22)11-12-5-4-10-21-9-2-1-8-15(12)21/h3,6-7,12,15H,1-2,4-5,8-11H2,(H,20,22)/t12-,15+/m0/s1. The summed E-state index contributed by atoms with van der Waals surface area (Å²) in [6, 6.07) is 5.84. The molecular formula is C17H22Cl2N2O. The topological polar surface area (TPSA) is 32.3 Å². The normalized spacial score (nSPS) is 25.5. The summed E-state index contributed by atoms with van der Waals surface area (Å²) in [6.07, 6.45) is 6.71. The summed E-state index contributed by atoms with van der Waals surface area (Å²) < 4.78 is 0. The zero-order valence-corrected chi connectivity index (χ0v) is 14.2. The highest BCUT2D eigenvalue weighted by molar-refractivity contribution is 6.39. The summed E-state index contributed by atoms with van der Waals surface area (Å²) in [6.45, 7) is 2.39. The summed E-state index contributed by atoms with van der Waals surface area (Å²) in [4.78, 5) is 15.0. The summed E-state index contributed by atoms with van der Waals surface area (Å²) in [5, 5.41) is 3.88. The van der Waals surface area contributed by atoms with Gasteiger partial charge in [-0.15, -0.1) is 0 Å². The number of halogens is 2. The van der Waals surface area contributed by atoms with E-state index in [1.165, 1.54) is 38.8 Å². The fraction of sp³-hybridized carbons (Fsp3) is 0.588. The maximum Gasteiger partial charge on any atom is 0.224 e. The predicted octanol–water partition coefficient (Wildman–Crippen LogP) is 4.59. The Labute approximate surface area is 142 Å². The van der Waals surface area contributed by atoms with Crippen LogP contribution in [0.3, 0.4) is 0 Å². The van der Waals surface area contributed by atoms with Gasteiger partial charge >= 0.3 is 0 Å². The van der Waals surface area contributed by atoms with Crippen molar-refractivity contribution in [2.75, 3.05) is 18.4 Å². The van der Waals surface area contributed by atoms with E-state index in [0.29, 0.717) is 34.1 Å². The zero-order valence-electron chi connectivity index (χ0n) is 12.7. The molecule has 5 heteroatoms. The number of hydrogen-bond donors (Lipinski definition) is 1. The molecule has 22 heavy (non-hydrogen) atoms. The average Bonchev–Trinajstić information content (AvgIpc) is 2.51. The molecule has 2 aliphatic rings. The first-order valence-electron chi connectivity index (χ1n) is 8.13. The molecule has 3 rings (SSSR count). The molecule has 2 saturated heterocycles. The Balaban J connectivity index is 1.63.